The summed E-state index contributed by atoms with van der Waals surface area (Å²) in [6.45, 7) is 2.33. The molecule has 5 aromatic rings. The van der Waals surface area contributed by atoms with Crippen molar-refractivity contribution >= 4 is 17.4 Å². The largest absolute Gasteiger partial charge is 0.497 e. The third-order valence-electron chi connectivity index (χ3n) is 6.05. The van der Waals surface area contributed by atoms with Gasteiger partial charge in [-0.05, 0) is 36.8 Å². The van der Waals surface area contributed by atoms with Crippen molar-refractivity contribution in [1.82, 2.24) is 19.2 Å². The van der Waals surface area contributed by atoms with Gasteiger partial charge in [0.1, 0.15) is 5.75 Å². The summed E-state index contributed by atoms with van der Waals surface area (Å²) in [5, 5.41) is 7.38. The molecule has 3 aromatic carbocycles. The second-order valence-electron chi connectivity index (χ2n) is 8.41. The lowest BCUT2D eigenvalue weighted by Crippen LogP contribution is -2.29. The van der Waals surface area contributed by atoms with Crippen LogP contribution < -0.4 is 15.6 Å². The molecule has 0 atom stereocenters. The molecule has 0 unspecified atom stereocenters. The zero-order valence-electron chi connectivity index (χ0n) is 20.0. The van der Waals surface area contributed by atoms with Gasteiger partial charge in [0.05, 0.1) is 20.1 Å². The summed E-state index contributed by atoms with van der Waals surface area (Å²) < 4.78 is 8.40. The number of carbonyl (C=O) groups is 1. The van der Waals surface area contributed by atoms with E-state index in [2.05, 4.69) is 10.4 Å². The maximum atomic E-state index is 13.5. The SMILES string of the molecule is COc1ccc(NC(=O)Cc2c(C)n(Cc3ccccc3)c3nc(-c4ccccc4)nn3c2=O)cc1. The molecule has 2 heterocycles. The molecule has 2 aromatic heterocycles. The molecule has 8 heteroatoms. The molecule has 5 rings (SSSR count). The van der Waals surface area contributed by atoms with E-state index in [0.29, 0.717) is 40.8 Å². The molecule has 180 valence electrons. The summed E-state index contributed by atoms with van der Waals surface area (Å²) in [6, 6.07) is 26.5. The summed E-state index contributed by atoms with van der Waals surface area (Å²) in [7, 11) is 1.58. The number of benzene rings is 3. The molecule has 8 nitrogen and oxygen atoms in total. The van der Waals surface area contributed by atoms with Gasteiger partial charge in [0.2, 0.25) is 11.7 Å². The highest BCUT2D eigenvalue weighted by Crippen LogP contribution is 2.19. The van der Waals surface area contributed by atoms with Gasteiger partial charge < -0.3 is 14.6 Å². The van der Waals surface area contributed by atoms with E-state index in [1.807, 2.05) is 72.2 Å². The first-order valence-corrected chi connectivity index (χ1v) is 11.6. The highest BCUT2D eigenvalue weighted by molar-refractivity contribution is 5.92. The van der Waals surface area contributed by atoms with Gasteiger partial charge in [-0.25, -0.2) is 0 Å². The number of fused-ring (bicyclic) bond motifs is 1. The topological polar surface area (TPSA) is 90.5 Å². The number of anilines is 1. The zero-order chi connectivity index (χ0) is 25.1. The van der Waals surface area contributed by atoms with E-state index in [1.165, 1.54) is 4.52 Å². The number of amides is 1. The Labute approximate surface area is 207 Å². The second kappa shape index (κ2) is 9.87. The van der Waals surface area contributed by atoms with Gasteiger partial charge in [-0.3, -0.25) is 9.59 Å². The highest BCUT2D eigenvalue weighted by Gasteiger charge is 2.21. The number of nitrogens with one attached hydrogen (secondary N) is 1. The van der Waals surface area contributed by atoms with Crippen LogP contribution in [0.2, 0.25) is 0 Å². The average molecular weight is 480 g/mol. The van der Waals surface area contributed by atoms with E-state index in [-0.39, 0.29) is 17.9 Å². The summed E-state index contributed by atoms with van der Waals surface area (Å²) in [6.07, 6.45) is -0.0953. The summed E-state index contributed by atoms with van der Waals surface area (Å²) >= 11 is 0. The number of nitrogens with zero attached hydrogens (tertiary/aromatic N) is 4. The van der Waals surface area contributed by atoms with E-state index in [9.17, 15) is 9.59 Å². The van der Waals surface area contributed by atoms with Crippen molar-refractivity contribution in [2.75, 3.05) is 12.4 Å². The molecule has 0 fully saturated rings. The van der Waals surface area contributed by atoms with Crippen LogP contribution in [0.3, 0.4) is 0 Å². The van der Waals surface area contributed by atoms with Crippen LogP contribution in [0.15, 0.2) is 89.7 Å². The molecule has 0 aliphatic heterocycles. The Balaban J connectivity index is 1.56. The summed E-state index contributed by atoms with van der Waals surface area (Å²) in [5.74, 6) is 1.28. The van der Waals surface area contributed by atoms with Gasteiger partial charge in [0.25, 0.3) is 5.56 Å². The quantitative estimate of drug-likeness (QED) is 0.380. The van der Waals surface area contributed by atoms with Gasteiger partial charge in [-0.15, -0.1) is 5.10 Å². The van der Waals surface area contributed by atoms with Crippen LogP contribution in [0.1, 0.15) is 16.8 Å². The van der Waals surface area contributed by atoms with Gasteiger partial charge >= 0.3 is 0 Å². The minimum absolute atomic E-state index is 0.0953. The number of hydrogen-bond donors (Lipinski definition) is 1. The van der Waals surface area contributed by atoms with Crippen LogP contribution in [0.25, 0.3) is 17.2 Å². The minimum Gasteiger partial charge on any atom is -0.497 e. The van der Waals surface area contributed by atoms with Crippen LogP contribution in [-0.2, 0) is 17.8 Å². The molecular weight excluding hydrogens is 454 g/mol. The lowest BCUT2D eigenvalue weighted by atomic mass is 10.1. The fourth-order valence-corrected chi connectivity index (χ4v) is 4.12. The van der Waals surface area contributed by atoms with Crippen LogP contribution in [0.5, 0.6) is 5.75 Å². The van der Waals surface area contributed by atoms with E-state index < -0.39 is 0 Å². The van der Waals surface area contributed by atoms with Crippen LogP contribution in [-0.4, -0.2) is 32.2 Å². The highest BCUT2D eigenvalue weighted by atomic mass is 16.5. The first kappa shape index (κ1) is 23.0. The Morgan fingerprint density at radius 3 is 2.28 bits per heavy atom. The lowest BCUT2D eigenvalue weighted by molar-refractivity contribution is -0.115. The lowest BCUT2D eigenvalue weighted by Gasteiger charge is -2.15. The minimum atomic E-state index is -0.355. The fourth-order valence-electron chi connectivity index (χ4n) is 4.12. The van der Waals surface area contributed by atoms with Crippen molar-refractivity contribution in [1.29, 1.82) is 0 Å². The third kappa shape index (κ3) is 4.61. The Bertz CT molecular complexity index is 1570. The van der Waals surface area contributed by atoms with Crippen molar-refractivity contribution in [3.05, 3.63) is 112 Å². The molecule has 0 saturated heterocycles. The van der Waals surface area contributed by atoms with Crippen molar-refractivity contribution < 1.29 is 9.53 Å². The summed E-state index contributed by atoms with van der Waals surface area (Å²) in [4.78, 5) is 31.2. The number of carbonyl (C=O) groups excluding carboxylic acids is 1. The normalized spacial score (nSPS) is 10.9. The van der Waals surface area contributed by atoms with Crippen molar-refractivity contribution in [2.45, 2.75) is 19.9 Å². The van der Waals surface area contributed by atoms with E-state index in [1.54, 1.807) is 31.4 Å². The van der Waals surface area contributed by atoms with E-state index >= 15 is 0 Å². The molecule has 0 aliphatic rings. The number of methoxy groups -OCH3 is 1. The number of ether oxygens (including phenoxy) is 1. The number of hydrogen-bond acceptors (Lipinski definition) is 5. The van der Waals surface area contributed by atoms with Crippen LogP contribution in [0.4, 0.5) is 5.69 Å². The van der Waals surface area contributed by atoms with Crippen LogP contribution >= 0.6 is 0 Å². The fraction of sp³-hybridized carbons (Fsp3) is 0.143. The molecule has 0 spiro atoms. The molecule has 1 N–H and O–H groups in total. The van der Waals surface area contributed by atoms with E-state index in [4.69, 9.17) is 9.72 Å². The Hall–Kier alpha value is -4.72. The maximum absolute atomic E-state index is 13.5. The monoisotopic (exact) mass is 479 g/mol. The number of aromatic nitrogens is 4. The molecular formula is C28H25N5O3. The van der Waals surface area contributed by atoms with Gasteiger partial charge in [0.15, 0.2) is 5.82 Å². The van der Waals surface area contributed by atoms with E-state index in [0.717, 1.165) is 11.1 Å². The van der Waals surface area contributed by atoms with Gasteiger partial charge in [-0.2, -0.15) is 9.50 Å². The molecule has 0 bridgehead atoms. The molecule has 0 aliphatic carbocycles. The van der Waals surface area contributed by atoms with Crippen LogP contribution in [0, 0.1) is 6.92 Å². The van der Waals surface area contributed by atoms with Gasteiger partial charge in [0, 0.05) is 22.5 Å². The maximum Gasteiger partial charge on any atom is 0.279 e. The standard InChI is InChI=1S/C28H25N5O3/c1-19-24(17-25(34)29-22-13-15-23(36-2)16-14-22)27(35)33-28(32(19)18-20-9-5-3-6-10-20)30-26(31-33)21-11-7-4-8-12-21/h3-16H,17-18H2,1-2H3,(H,29,34). The predicted molar refractivity (Wildman–Crippen MR) is 138 cm³/mol. The molecule has 0 radical (unpaired) electrons. The third-order valence-corrected chi connectivity index (χ3v) is 6.05. The Kier molecular flexibility index (Phi) is 6.32. The first-order valence-electron chi connectivity index (χ1n) is 11.6. The molecule has 1 amide bonds. The second-order valence-corrected chi connectivity index (χ2v) is 8.41. The summed E-state index contributed by atoms with van der Waals surface area (Å²) in [5.41, 5.74) is 3.16. The Morgan fingerprint density at radius 2 is 1.61 bits per heavy atom. The van der Waals surface area contributed by atoms with Gasteiger partial charge in [-0.1, -0.05) is 60.7 Å². The Morgan fingerprint density at radius 1 is 0.944 bits per heavy atom. The van der Waals surface area contributed by atoms with Crippen molar-refractivity contribution in [3.8, 4) is 17.1 Å². The predicted octanol–water partition coefficient (Wildman–Crippen LogP) is 4.10. The molecule has 0 saturated carbocycles. The average Bonchev–Trinajstić information content (AvgIpc) is 3.36. The smallest absolute Gasteiger partial charge is 0.279 e. The zero-order valence-corrected chi connectivity index (χ0v) is 20.0. The first-order chi connectivity index (χ1) is 17.5. The van der Waals surface area contributed by atoms with Crippen molar-refractivity contribution in [3.63, 3.8) is 0 Å². The number of rotatable bonds is 7. The van der Waals surface area contributed by atoms with Crippen molar-refractivity contribution in [2.24, 2.45) is 0 Å². The molecule has 36 heavy (non-hydrogen) atoms.